The van der Waals surface area contributed by atoms with Gasteiger partial charge in [0.05, 0.1) is 15.6 Å². The van der Waals surface area contributed by atoms with E-state index in [2.05, 4.69) is 15.0 Å². The van der Waals surface area contributed by atoms with Crippen LogP contribution in [0.2, 0.25) is 0 Å². The number of hydrogen-bond donors (Lipinski definition) is 0. The highest BCUT2D eigenvalue weighted by Gasteiger charge is 2.33. The van der Waals surface area contributed by atoms with Gasteiger partial charge in [0.1, 0.15) is 5.69 Å². The minimum absolute atomic E-state index is 0.0413. The van der Waals surface area contributed by atoms with Gasteiger partial charge in [0.15, 0.2) is 0 Å². The molecule has 9 heteroatoms. The van der Waals surface area contributed by atoms with Crippen LogP contribution in [0.25, 0.3) is 10.6 Å². The second kappa shape index (κ2) is 6.83. The summed E-state index contributed by atoms with van der Waals surface area (Å²) in [7, 11) is -0.281. The molecule has 0 amide bonds. The minimum atomic E-state index is -3.41. The van der Waals surface area contributed by atoms with Crippen LogP contribution in [0, 0.1) is 6.92 Å². The van der Waals surface area contributed by atoms with Crippen LogP contribution >= 0.6 is 11.3 Å². The quantitative estimate of drug-likeness (QED) is 0.824. The number of nitrogens with zero attached hydrogens (tertiary/aromatic N) is 5. The molecule has 1 aliphatic rings. The van der Waals surface area contributed by atoms with Crippen molar-refractivity contribution in [2.75, 3.05) is 27.2 Å². The van der Waals surface area contributed by atoms with Crippen molar-refractivity contribution in [1.82, 2.24) is 23.6 Å². The van der Waals surface area contributed by atoms with Crippen LogP contribution in [0.4, 0.5) is 0 Å². The van der Waals surface area contributed by atoms with E-state index in [-0.39, 0.29) is 5.92 Å². The molecule has 0 spiro atoms. The second-order valence-corrected chi connectivity index (χ2v) is 9.40. The van der Waals surface area contributed by atoms with Crippen LogP contribution in [-0.4, -0.2) is 59.2 Å². The van der Waals surface area contributed by atoms with E-state index in [1.165, 1.54) is 8.61 Å². The molecular weight excluding hydrogens is 346 g/mol. The molecule has 1 fully saturated rings. The fourth-order valence-corrected chi connectivity index (χ4v) is 4.89. The summed E-state index contributed by atoms with van der Waals surface area (Å²) in [5.74, 6) is 0.0413. The standard InChI is InChI=1S/C15H21N5O2S2/c1-11-18-9-13(23-11)15-14(16-6-7-17-15)12-5-4-8-20(10-12)24(21,22)19(2)3/h6-7,9,12H,4-5,8,10H2,1-3H3/t12-/m1/s1. The molecule has 0 radical (unpaired) electrons. The maximum atomic E-state index is 12.4. The fourth-order valence-electron chi connectivity index (χ4n) is 2.91. The Hall–Kier alpha value is -1.42. The summed E-state index contributed by atoms with van der Waals surface area (Å²) in [5.41, 5.74) is 1.68. The van der Waals surface area contributed by atoms with Crippen molar-refractivity contribution in [1.29, 1.82) is 0 Å². The number of aryl methyl sites for hydroxylation is 1. The Morgan fingerprint density at radius 1 is 1.25 bits per heavy atom. The fraction of sp³-hybridized carbons (Fsp3) is 0.533. The van der Waals surface area contributed by atoms with Crippen molar-refractivity contribution >= 4 is 21.5 Å². The highest BCUT2D eigenvalue weighted by atomic mass is 32.2. The molecule has 0 N–H and O–H groups in total. The smallest absolute Gasteiger partial charge is 0.257 e. The third kappa shape index (κ3) is 3.34. The number of thiazole rings is 1. The van der Waals surface area contributed by atoms with Gasteiger partial charge in [0, 0.05) is 51.7 Å². The van der Waals surface area contributed by atoms with E-state index < -0.39 is 10.2 Å². The Kier molecular flexibility index (Phi) is 4.95. The van der Waals surface area contributed by atoms with Crippen LogP contribution in [0.1, 0.15) is 29.5 Å². The van der Waals surface area contributed by atoms with E-state index in [4.69, 9.17) is 0 Å². The van der Waals surface area contributed by atoms with Crippen molar-refractivity contribution in [2.45, 2.75) is 25.7 Å². The van der Waals surface area contributed by atoms with Gasteiger partial charge in [-0.05, 0) is 19.8 Å². The van der Waals surface area contributed by atoms with Crippen LogP contribution in [0.3, 0.4) is 0 Å². The molecule has 3 heterocycles. The Morgan fingerprint density at radius 3 is 2.67 bits per heavy atom. The van der Waals surface area contributed by atoms with Gasteiger partial charge in [0.25, 0.3) is 10.2 Å². The highest BCUT2D eigenvalue weighted by molar-refractivity contribution is 7.86. The first-order valence-electron chi connectivity index (χ1n) is 7.81. The van der Waals surface area contributed by atoms with Gasteiger partial charge in [-0.15, -0.1) is 11.3 Å². The van der Waals surface area contributed by atoms with E-state index in [9.17, 15) is 8.42 Å². The molecule has 0 unspecified atom stereocenters. The molecule has 3 rings (SSSR count). The molecule has 0 bridgehead atoms. The molecule has 1 aliphatic heterocycles. The lowest BCUT2D eigenvalue weighted by atomic mass is 9.94. The van der Waals surface area contributed by atoms with Gasteiger partial charge in [-0.2, -0.15) is 17.0 Å². The molecule has 1 atom stereocenters. The van der Waals surface area contributed by atoms with Gasteiger partial charge < -0.3 is 0 Å². The molecule has 130 valence electrons. The predicted octanol–water partition coefficient (Wildman–Crippen LogP) is 1.89. The van der Waals surface area contributed by atoms with E-state index in [0.29, 0.717) is 13.1 Å². The van der Waals surface area contributed by atoms with Crippen LogP contribution < -0.4 is 0 Å². The predicted molar refractivity (Wildman–Crippen MR) is 94.0 cm³/mol. The topological polar surface area (TPSA) is 79.3 Å². The summed E-state index contributed by atoms with van der Waals surface area (Å²) in [6.45, 7) is 2.94. The molecule has 0 saturated carbocycles. The zero-order chi connectivity index (χ0) is 17.3. The van der Waals surface area contributed by atoms with Crippen molar-refractivity contribution in [2.24, 2.45) is 0 Å². The van der Waals surface area contributed by atoms with Crippen molar-refractivity contribution < 1.29 is 8.42 Å². The lowest BCUT2D eigenvalue weighted by Crippen LogP contribution is -2.45. The molecule has 1 saturated heterocycles. The summed E-state index contributed by atoms with van der Waals surface area (Å²) in [4.78, 5) is 14.3. The first kappa shape index (κ1) is 17.4. The molecular formula is C15H21N5O2S2. The summed E-state index contributed by atoms with van der Waals surface area (Å²) in [5, 5.41) is 0.974. The Balaban J connectivity index is 1.92. The average Bonchev–Trinajstić information content (AvgIpc) is 3.01. The number of piperidine rings is 1. The Bertz CT molecular complexity index is 819. The first-order valence-corrected chi connectivity index (χ1v) is 10.0. The second-order valence-electron chi connectivity index (χ2n) is 6.02. The van der Waals surface area contributed by atoms with E-state index in [0.717, 1.165) is 34.1 Å². The van der Waals surface area contributed by atoms with Gasteiger partial charge in [-0.1, -0.05) is 0 Å². The summed E-state index contributed by atoms with van der Waals surface area (Å²) < 4.78 is 27.7. The SMILES string of the molecule is Cc1ncc(-c2nccnc2[C@@H]2CCCN(S(=O)(=O)N(C)C)C2)s1. The van der Waals surface area contributed by atoms with Crippen molar-refractivity contribution in [3.05, 3.63) is 29.3 Å². The van der Waals surface area contributed by atoms with E-state index in [1.54, 1.807) is 37.8 Å². The molecule has 24 heavy (non-hydrogen) atoms. The third-order valence-electron chi connectivity index (χ3n) is 4.14. The van der Waals surface area contributed by atoms with Gasteiger partial charge in [-0.3, -0.25) is 9.97 Å². The van der Waals surface area contributed by atoms with E-state index in [1.807, 2.05) is 13.1 Å². The van der Waals surface area contributed by atoms with E-state index >= 15 is 0 Å². The maximum Gasteiger partial charge on any atom is 0.281 e. The monoisotopic (exact) mass is 367 g/mol. The first-order chi connectivity index (χ1) is 11.4. The summed E-state index contributed by atoms with van der Waals surface area (Å²) >= 11 is 1.58. The molecule has 0 aliphatic carbocycles. The van der Waals surface area contributed by atoms with Gasteiger partial charge >= 0.3 is 0 Å². The largest absolute Gasteiger partial charge is 0.281 e. The highest BCUT2D eigenvalue weighted by Crippen LogP contribution is 2.34. The van der Waals surface area contributed by atoms with Crippen LogP contribution in [0.5, 0.6) is 0 Å². The summed E-state index contributed by atoms with van der Waals surface area (Å²) in [6, 6.07) is 0. The summed E-state index contributed by atoms with van der Waals surface area (Å²) in [6.07, 6.45) is 6.88. The molecule has 7 nitrogen and oxygen atoms in total. The zero-order valence-electron chi connectivity index (χ0n) is 14.0. The van der Waals surface area contributed by atoms with Crippen LogP contribution in [0.15, 0.2) is 18.6 Å². The maximum absolute atomic E-state index is 12.4. The molecule has 2 aromatic heterocycles. The van der Waals surface area contributed by atoms with Crippen molar-refractivity contribution in [3.63, 3.8) is 0 Å². The van der Waals surface area contributed by atoms with Gasteiger partial charge in [-0.25, -0.2) is 4.98 Å². The van der Waals surface area contributed by atoms with Crippen molar-refractivity contribution in [3.8, 4) is 10.6 Å². The average molecular weight is 368 g/mol. The Morgan fingerprint density at radius 2 is 2.00 bits per heavy atom. The number of hydrogen-bond acceptors (Lipinski definition) is 6. The zero-order valence-corrected chi connectivity index (χ0v) is 15.6. The minimum Gasteiger partial charge on any atom is -0.257 e. The Labute approximate surface area is 146 Å². The molecule has 2 aromatic rings. The lowest BCUT2D eigenvalue weighted by Gasteiger charge is -2.33. The lowest BCUT2D eigenvalue weighted by molar-refractivity contribution is 0.296. The normalized spacial score (nSPS) is 19.8. The number of rotatable bonds is 4. The third-order valence-corrected chi connectivity index (χ3v) is 6.97. The van der Waals surface area contributed by atoms with Crippen LogP contribution in [-0.2, 0) is 10.2 Å². The number of aromatic nitrogens is 3. The molecule has 0 aromatic carbocycles. The van der Waals surface area contributed by atoms with Gasteiger partial charge in [0.2, 0.25) is 0 Å².